The van der Waals surface area contributed by atoms with E-state index < -0.39 is 5.60 Å². The Balaban J connectivity index is 1.84. The van der Waals surface area contributed by atoms with Gasteiger partial charge in [-0.2, -0.15) is 0 Å². The second-order valence-electron chi connectivity index (χ2n) is 6.83. The molecular weight excluding hydrogens is 300 g/mol. The first kappa shape index (κ1) is 17.1. The molecule has 0 radical (unpaired) electrons. The van der Waals surface area contributed by atoms with Crippen molar-refractivity contribution < 1.29 is 9.53 Å². The van der Waals surface area contributed by atoms with E-state index in [2.05, 4.69) is 17.0 Å². The highest BCUT2D eigenvalue weighted by Gasteiger charge is 2.25. The zero-order valence-corrected chi connectivity index (χ0v) is 14.6. The minimum atomic E-state index is -0.435. The second kappa shape index (κ2) is 6.88. The standard InChI is InChI=1S/C17H25ClN2O2/c1-13-11-14(5-6-15(13)18)12-19-7-9-20(10-8-19)16(21)22-17(2,3)4/h5-6,11H,7-10,12H2,1-4H3. The predicted octanol–water partition coefficient (Wildman–Crippen LogP) is 3.70. The Labute approximate surface area is 138 Å². The summed E-state index contributed by atoms with van der Waals surface area (Å²) in [7, 11) is 0. The number of halogens is 1. The lowest BCUT2D eigenvalue weighted by atomic mass is 10.1. The van der Waals surface area contributed by atoms with E-state index in [4.69, 9.17) is 16.3 Å². The highest BCUT2D eigenvalue weighted by molar-refractivity contribution is 6.31. The van der Waals surface area contributed by atoms with Crippen LogP contribution >= 0.6 is 11.6 Å². The Morgan fingerprint density at radius 3 is 2.41 bits per heavy atom. The Morgan fingerprint density at radius 2 is 1.86 bits per heavy atom. The first-order valence-electron chi connectivity index (χ1n) is 7.70. The third kappa shape index (κ3) is 4.89. The molecule has 1 heterocycles. The fourth-order valence-corrected chi connectivity index (χ4v) is 2.60. The van der Waals surface area contributed by atoms with Crippen molar-refractivity contribution in [1.82, 2.24) is 9.80 Å². The third-order valence-electron chi connectivity index (χ3n) is 3.65. The number of hydrogen-bond acceptors (Lipinski definition) is 3. The SMILES string of the molecule is Cc1cc(CN2CCN(C(=O)OC(C)(C)C)CC2)ccc1Cl. The molecule has 1 aliphatic rings. The number of carbonyl (C=O) groups excluding carboxylic acids is 1. The van der Waals surface area contributed by atoms with E-state index in [1.807, 2.05) is 33.8 Å². The van der Waals surface area contributed by atoms with Gasteiger partial charge in [0.05, 0.1) is 0 Å². The lowest BCUT2D eigenvalue weighted by Gasteiger charge is -2.35. The van der Waals surface area contributed by atoms with Gasteiger partial charge in [0.15, 0.2) is 0 Å². The molecule has 0 unspecified atom stereocenters. The van der Waals surface area contributed by atoms with Gasteiger partial charge < -0.3 is 9.64 Å². The number of rotatable bonds is 2. The van der Waals surface area contributed by atoms with Crippen LogP contribution in [0.2, 0.25) is 5.02 Å². The number of piperazine rings is 1. The Hall–Kier alpha value is -1.26. The first-order valence-corrected chi connectivity index (χ1v) is 8.08. The molecule has 0 aromatic heterocycles. The minimum absolute atomic E-state index is 0.213. The molecule has 122 valence electrons. The van der Waals surface area contributed by atoms with Crippen LogP contribution in [-0.4, -0.2) is 47.7 Å². The molecule has 4 nitrogen and oxygen atoms in total. The van der Waals surface area contributed by atoms with Crippen LogP contribution in [0.1, 0.15) is 31.9 Å². The highest BCUT2D eigenvalue weighted by Crippen LogP contribution is 2.18. The molecule has 5 heteroatoms. The molecule has 2 rings (SSSR count). The summed E-state index contributed by atoms with van der Waals surface area (Å²) in [5.74, 6) is 0. The van der Waals surface area contributed by atoms with Gasteiger partial charge in [0.1, 0.15) is 5.60 Å². The van der Waals surface area contributed by atoms with Gasteiger partial charge in [0.2, 0.25) is 0 Å². The van der Waals surface area contributed by atoms with Crippen LogP contribution in [0, 0.1) is 6.92 Å². The number of amides is 1. The average molecular weight is 325 g/mol. The normalized spacial score (nSPS) is 16.7. The highest BCUT2D eigenvalue weighted by atomic mass is 35.5. The van der Waals surface area contributed by atoms with Gasteiger partial charge in [-0.05, 0) is 44.9 Å². The van der Waals surface area contributed by atoms with Gasteiger partial charge in [-0.3, -0.25) is 4.90 Å². The van der Waals surface area contributed by atoms with E-state index in [0.29, 0.717) is 13.1 Å². The summed E-state index contributed by atoms with van der Waals surface area (Å²) in [4.78, 5) is 16.2. The molecule has 1 aromatic rings. The molecular formula is C17H25ClN2O2. The number of aryl methyl sites for hydroxylation is 1. The maximum absolute atomic E-state index is 12.0. The maximum atomic E-state index is 12.0. The third-order valence-corrected chi connectivity index (χ3v) is 4.08. The van der Waals surface area contributed by atoms with Crippen LogP contribution in [0.4, 0.5) is 4.79 Å². The van der Waals surface area contributed by atoms with Crippen molar-refractivity contribution in [1.29, 1.82) is 0 Å². The van der Waals surface area contributed by atoms with E-state index in [0.717, 1.165) is 30.2 Å². The van der Waals surface area contributed by atoms with Gasteiger partial charge >= 0.3 is 6.09 Å². The molecule has 0 N–H and O–H groups in total. The fourth-order valence-electron chi connectivity index (χ4n) is 2.48. The lowest BCUT2D eigenvalue weighted by Crippen LogP contribution is -2.49. The lowest BCUT2D eigenvalue weighted by molar-refractivity contribution is 0.0139. The van der Waals surface area contributed by atoms with Crippen LogP contribution in [0.3, 0.4) is 0 Å². The Bertz CT molecular complexity index is 532. The molecule has 0 bridgehead atoms. The molecule has 1 aromatic carbocycles. The molecule has 0 atom stereocenters. The van der Waals surface area contributed by atoms with Crippen molar-refractivity contribution in [2.45, 2.75) is 39.8 Å². The van der Waals surface area contributed by atoms with Crippen molar-refractivity contribution in [3.05, 3.63) is 34.3 Å². The van der Waals surface area contributed by atoms with E-state index >= 15 is 0 Å². The summed E-state index contributed by atoms with van der Waals surface area (Å²) in [6.45, 7) is 11.7. The smallest absolute Gasteiger partial charge is 0.410 e. The summed E-state index contributed by atoms with van der Waals surface area (Å²) in [6.07, 6.45) is -0.213. The van der Waals surface area contributed by atoms with Crippen LogP contribution in [0.5, 0.6) is 0 Å². The van der Waals surface area contributed by atoms with Crippen LogP contribution in [0.25, 0.3) is 0 Å². The largest absolute Gasteiger partial charge is 0.444 e. The van der Waals surface area contributed by atoms with Crippen molar-refractivity contribution in [2.75, 3.05) is 26.2 Å². The fraction of sp³-hybridized carbons (Fsp3) is 0.588. The quantitative estimate of drug-likeness (QED) is 0.831. The van der Waals surface area contributed by atoms with E-state index in [9.17, 15) is 4.79 Å². The first-order chi connectivity index (χ1) is 10.2. The molecule has 0 saturated carbocycles. The molecule has 22 heavy (non-hydrogen) atoms. The minimum Gasteiger partial charge on any atom is -0.444 e. The maximum Gasteiger partial charge on any atom is 0.410 e. The van der Waals surface area contributed by atoms with Gasteiger partial charge in [0.25, 0.3) is 0 Å². The van der Waals surface area contributed by atoms with Crippen LogP contribution in [-0.2, 0) is 11.3 Å². The predicted molar refractivity (Wildman–Crippen MR) is 89.3 cm³/mol. The number of nitrogens with zero attached hydrogens (tertiary/aromatic N) is 2. The number of hydrogen-bond donors (Lipinski definition) is 0. The van der Waals surface area contributed by atoms with E-state index in [1.165, 1.54) is 5.56 Å². The molecule has 0 aliphatic carbocycles. The second-order valence-corrected chi connectivity index (χ2v) is 7.23. The zero-order valence-electron chi connectivity index (χ0n) is 13.9. The van der Waals surface area contributed by atoms with Crippen molar-refractivity contribution in [3.8, 4) is 0 Å². The molecule has 1 aliphatic heterocycles. The average Bonchev–Trinajstić information content (AvgIpc) is 2.42. The van der Waals surface area contributed by atoms with Gasteiger partial charge in [-0.15, -0.1) is 0 Å². The van der Waals surface area contributed by atoms with Crippen molar-refractivity contribution >= 4 is 17.7 Å². The van der Waals surface area contributed by atoms with Crippen LogP contribution < -0.4 is 0 Å². The Morgan fingerprint density at radius 1 is 1.23 bits per heavy atom. The topological polar surface area (TPSA) is 32.8 Å². The van der Waals surface area contributed by atoms with E-state index in [1.54, 1.807) is 4.90 Å². The summed E-state index contributed by atoms with van der Waals surface area (Å²) in [6, 6.07) is 6.14. The van der Waals surface area contributed by atoms with Crippen LogP contribution in [0.15, 0.2) is 18.2 Å². The molecule has 1 saturated heterocycles. The van der Waals surface area contributed by atoms with Gasteiger partial charge in [-0.1, -0.05) is 23.7 Å². The van der Waals surface area contributed by atoms with Gasteiger partial charge in [0, 0.05) is 37.7 Å². The van der Waals surface area contributed by atoms with Crippen molar-refractivity contribution in [2.24, 2.45) is 0 Å². The zero-order chi connectivity index (χ0) is 16.3. The number of carbonyl (C=O) groups is 1. The summed E-state index contributed by atoms with van der Waals surface area (Å²) >= 11 is 6.06. The molecule has 1 fully saturated rings. The molecule has 0 spiro atoms. The number of benzene rings is 1. The molecule has 1 amide bonds. The Kier molecular flexibility index (Phi) is 5.35. The van der Waals surface area contributed by atoms with Gasteiger partial charge in [-0.25, -0.2) is 4.79 Å². The summed E-state index contributed by atoms with van der Waals surface area (Å²) < 4.78 is 5.41. The summed E-state index contributed by atoms with van der Waals surface area (Å²) in [5, 5.41) is 0.804. The van der Waals surface area contributed by atoms with E-state index in [-0.39, 0.29) is 6.09 Å². The number of ether oxygens (including phenoxy) is 1. The monoisotopic (exact) mass is 324 g/mol. The summed E-state index contributed by atoms with van der Waals surface area (Å²) in [5.41, 5.74) is 1.92. The van der Waals surface area contributed by atoms with Crippen molar-refractivity contribution in [3.63, 3.8) is 0 Å².